The van der Waals surface area contributed by atoms with Gasteiger partial charge in [0.05, 0.1) is 7.11 Å². The quantitative estimate of drug-likeness (QED) is 0.887. The molecular formula is C19H22N2O2. The summed E-state index contributed by atoms with van der Waals surface area (Å²) in [6.45, 7) is 1.87. The van der Waals surface area contributed by atoms with E-state index in [1.54, 1.807) is 7.11 Å². The number of ether oxygens (including phenoxy) is 1. The number of carbonyl (C=O) groups is 1. The standard InChI is InChI=1S/C19H22N2O2/c1-13(19(22)21-16-8-10-18(23-2)11-9-16)20-17-7-6-14-4-3-5-15(14)12-17/h6-13,20H,3-5H2,1-2H3,(H,21,22). The molecule has 3 rings (SSSR count). The summed E-state index contributed by atoms with van der Waals surface area (Å²) in [4.78, 5) is 12.3. The van der Waals surface area contributed by atoms with Crippen molar-refractivity contribution < 1.29 is 9.53 Å². The number of carbonyl (C=O) groups excluding carboxylic acids is 1. The highest BCUT2D eigenvalue weighted by atomic mass is 16.5. The van der Waals surface area contributed by atoms with Crippen LogP contribution in [-0.2, 0) is 17.6 Å². The van der Waals surface area contributed by atoms with E-state index in [9.17, 15) is 4.79 Å². The molecule has 0 fully saturated rings. The van der Waals surface area contributed by atoms with Crippen molar-refractivity contribution in [3.8, 4) is 5.75 Å². The fourth-order valence-electron chi connectivity index (χ4n) is 2.90. The van der Waals surface area contributed by atoms with Gasteiger partial charge in [-0.3, -0.25) is 4.79 Å². The number of hydrogen-bond donors (Lipinski definition) is 2. The summed E-state index contributed by atoms with van der Waals surface area (Å²) < 4.78 is 5.11. The highest BCUT2D eigenvalue weighted by molar-refractivity contribution is 5.96. The number of methoxy groups -OCH3 is 1. The molecule has 4 heteroatoms. The van der Waals surface area contributed by atoms with Gasteiger partial charge in [-0.05, 0) is 73.7 Å². The molecule has 2 N–H and O–H groups in total. The molecule has 1 amide bonds. The van der Waals surface area contributed by atoms with E-state index in [0.717, 1.165) is 23.5 Å². The molecule has 4 nitrogen and oxygen atoms in total. The molecule has 0 saturated heterocycles. The van der Waals surface area contributed by atoms with E-state index in [0.29, 0.717) is 0 Å². The maximum Gasteiger partial charge on any atom is 0.246 e. The van der Waals surface area contributed by atoms with Crippen LogP contribution in [0.25, 0.3) is 0 Å². The topological polar surface area (TPSA) is 50.4 Å². The van der Waals surface area contributed by atoms with Gasteiger partial charge in [-0.15, -0.1) is 0 Å². The smallest absolute Gasteiger partial charge is 0.246 e. The Morgan fingerprint density at radius 2 is 1.74 bits per heavy atom. The molecule has 1 unspecified atom stereocenters. The van der Waals surface area contributed by atoms with E-state index in [4.69, 9.17) is 4.74 Å². The summed E-state index contributed by atoms with van der Waals surface area (Å²) in [7, 11) is 1.62. The van der Waals surface area contributed by atoms with E-state index < -0.39 is 0 Å². The average Bonchev–Trinajstić information content (AvgIpc) is 3.03. The van der Waals surface area contributed by atoms with E-state index >= 15 is 0 Å². The predicted molar refractivity (Wildman–Crippen MR) is 93.2 cm³/mol. The maximum absolute atomic E-state index is 12.3. The summed E-state index contributed by atoms with van der Waals surface area (Å²) in [6.07, 6.45) is 3.53. The molecule has 0 spiro atoms. The first kappa shape index (κ1) is 15.4. The van der Waals surface area contributed by atoms with Gasteiger partial charge in [0.1, 0.15) is 11.8 Å². The van der Waals surface area contributed by atoms with Gasteiger partial charge in [0.2, 0.25) is 5.91 Å². The molecule has 23 heavy (non-hydrogen) atoms. The monoisotopic (exact) mass is 310 g/mol. The summed E-state index contributed by atoms with van der Waals surface area (Å²) >= 11 is 0. The summed E-state index contributed by atoms with van der Waals surface area (Å²) in [5, 5.41) is 6.19. The Morgan fingerprint density at radius 1 is 1.04 bits per heavy atom. The molecule has 1 aliphatic rings. The zero-order valence-electron chi connectivity index (χ0n) is 13.6. The Balaban J connectivity index is 1.60. The number of hydrogen-bond acceptors (Lipinski definition) is 3. The van der Waals surface area contributed by atoms with Gasteiger partial charge < -0.3 is 15.4 Å². The van der Waals surface area contributed by atoms with Crippen LogP contribution in [0.2, 0.25) is 0 Å². The molecule has 0 saturated carbocycles. The molecule has 1 atom stereocenters. The molecule has 1 aliphatic carbocycles. The van der Waals surface area contributed by atoms with Crippen LogP contribution in [0.4, 0.5) is 11.4 Å². The van der Waals surface area contributed by atoms with E-state index in [-0.39, 0.29) is 11.9 Å². The highest BCUT2D eigenvalue weighted by Gasteiger charge is 2.15. The Labute approximate surface area is 136 Å². The minimum Gasteiger partial charge on any atom is -0.497 e. The second-order valence-electron chi connectivity index (χ2n) is 5.92. The molecule has 120 valence electrons. The van der Waals surface area contributed by atoms with Gasteiger partial charge in [-0.2, -0.15) is 0 Å². The maximum atomic E-state index is 12.3. The van der Waals surface area contributed by atoms with Crippen molar-refractivity contribution in [3.63, 3.8) is 0 Å². The lowest BCUT2D eigenvalue weighted by atomic mass is 10.1. The SMILES string of the molecule is COc1ccc(NC(=O)C(C)Nc2ccc3c(c2)CCC3)cc1. The molecule has 2 aromatic rings. The molecule has 2 aromatic carbocycles. The van der Waals surface area contributed by atoms with E-state index in [1.165, 1.54) is 24.0 Å². The predicted octanol–water partition coefficient (Wildman–Crippen LogP) is 3.62. The third kappa shape index (κ3) is 3.65. The van der Waals surface area contributed by atoms with Crippen LogP contribution in [0.15, 0.2) is 42.5 Å². The first-order chi connectivity index (χ1) is 11.2. The Kier molecular flexibility index (Phi) is 4.51. The first-order valence-electron chi connectivity index (χ1n) is 7.99. The van der Waals surface area contributed by atoms with Crippen molar-refractivity contribution in [2.24, 2.45) is 0 Å². The Bertz CT molecular complexity index is 695. The van der Waals surface area contributed by atoms with Crippen LogP contribution in [0.5, 0.6) is 5.75 Å². The van der Waals surface area contributed by atoms with Gasteiger partial charge in [-0.25, -0.2) is 0 Å². The molecular weight excluding hydrogens is 288 g/mol. The van der Waals surface area contributed by atoms with Crippen molar-refractivity contribution in [1.29, 1.82) is 0 Å². The van der Waals surface area contributed by atoms with Crippen LogP contribution in [0.3, 0.4) is 0 Å². The van der Waals surface area contributed by atoms with Crippen molar-refractivity contribution in [1.82, 2.24) is 0 Å². The van der Waals surface area contributed by atoms with Gasteiger partial charge in [0, 0.05) is 11.4 Å². The van der Waals surface area contributed by atoms with Crippen LogP contribution in [0.1, 0.15) is 24.5 Å². The Morgan fingerprint density at radius 3 is 2.48 bits per heavy atom. The number of anilines is 2. The van der Waals surface area contributed by atoms with Gasteiger partial charge >= 0.3 is 0 Å². The molecule has 0 aromatic heterocycles. The number of amides is 1. The van der Waals surface area contributed by atoms with Gasteiger partial charge in [0.15, 0.2) is 0 Å². The van der Waals surface area contributed by atoms with Gasteiger partial charge in [0.25, 0.3) is 0 Å². The molecule has 0 bridgehead atoms. The number of fused-ring (bicyclic) bond motifs is 1. The van der Waals surface area contributed by atoms with Crippen molar-refractivity contribution in [3.05, 3.63) is 53.6 Å². The average molecular weight is 310 g/mol. The zero-order chi connectivity index (χ0) is 16.2. The highest BCUT2D eigenvalue weighted by Crippen LogP contribution is 2.25. The fourth-order valence-corrected chi connectivity index (χ4v) is 2.90. The van der Waals surface area contributed by atoms with Crippen LogP contribution < -0.4 is 15.4 Å². The second-order valence-corrected chi connectivity index (χ2v) is 5.92. The Hall–Kier alpha value is -2.49. The van der Waals surface area contributed by atoms with Crippen molar-refractivity contribution in [2.75, 3.05) is 17.7 Å². The third-order valence-corrected chi connectivity index (χ3v) is 4.23. The normalized spacial score (nSPS) is 14.0. The largest absolute Gasteiger partial charge is 0.497 e. The fraction of sp³-hybridized carbons (Fsp3) is 0.316. The minimum atomic E-state index is -0.309. The number of nitrogens with one attached hydrogen (secondary N) is 2. The van der Waals surface area contributed by atoms with Gasteiger partial charge in [-0.1, -0.05) is 6.07 Å². The lowest BCUT2D eigenvalue weighted by Gasteiger charge is -2.16. The van der Waals surface area contributed by atoms with Crippen molar-refractivity contribution >= 4 is 17.3 Å². The van der Waals surface area contributed by atoms with E-state index in [1.807, 2.05) is 31.2 Å². The molecule has 0 radical (unpaired) electrons. The summed E-state index contributed by atoms with van der Waals surface area (Å²) in [6, 6.07) is 13.4. The number of benzene rings is 2. The minimum absolute atomic E-state index is 0.0596. The second kappa shape index (κ2) is 6.73. The van der Waals surface area contributed by atoms with Crippen LogP contribution in [-0.4, -0.2) is 19.1 Å². The third-order valence-electron chi connectivity index (χ3n) is 4.23. The number of rotatable bonds is 5. The van der Waals surface area contributed by atoms with Crippen molar-refractivity contribution in [2.45, 2.75) is 32.2 Å². The summed E-state index contributed by atoms with van der Waals surface area (Å²) in [5.41, 5.74) is 4.60. The lowest BCUT2D eigenvalue weighted by Crippen LogP contribution is -2.31. The lowest BCUT2D eigenvalue weighted by molar-refractivity contribution is -0.116. The van der Waals surface area contributed by atoms with Crippen LogP contribution >= 0.6 is 0 Å². The molecule has 0 heterocycles. The van der Waals surface area contributed by atoms with E-state index in [2.05, 4.69) is 28.8 Å². The summed E-state index contributed by atoms with van der Waals surface area (Å²) in [5.74, 6) is 0.711. The molecule has 0 aliphatic heterocycles. The first-order valence-corrected chi connectivity index (χ1v) is 7.99. The van der Waals surface area contributed by atoms with Crippen LogP contribution in [0, 0.1) is 0 Å². The number of aryl methyl sites for hydroxylation is 2. The zero-order valence-corrected chi connectivity index (χ0v) is 13.6.